The Labute approximate surface area is 194 Å². The van der Waals surface area contributed by atoms with Crippen LogP contribution in [0.5, 0.6) is 0 Å². The van der Waals surface area contributed by atoms with Gasteiger partial charge in [-0.05, 0) is 46.9 Å². The fourth-order valence-electron chi connectivity index (χ4n) is 4.16. The Morgan fingerprint density at radius 2 is 1.94 bits per heavy atom. The first kappa shape index (κ1) is 23.0. The third-order valence-electron chi connectivity index (χ3n) is 6.00. The van der Waals surface area contributed by atoms with Crippen LogP contribution in [0.3, 0.4) is 0 Å². The predicted octanol–water partition coefficient (Wildman–Crippen LogP) is 3.60. The topological polar surface area (TPSA) is 62.2 Å². The number of piperazine rings is 1. The summed E-state index contributed by atoms with van der Waals surface area (Å²) in [5.74, 6) is 0.459. The molecule has 172 valence electrons. The summed E-state index contributed by atoms with van der Waals surface area (Å²) >= 11 is 1.66. The van der Waals surface area contributed by atoms with Gasteiger partial charge in [0.15, 0.2) is 5.76 Å². The zero-order valence-corrected chi connectivity index (χ0v) is 19.2. The molecule has 0 bridgehead atoms. The Balaban J connectivity index is 1.36. The smallest absolute Gasteiger partial charge is 0.288 e. The van der Waals surface area contributed by atoms with Gasteiger partial charge in [-0.1, -0.05) is 30.3 Å². The lowest BCUT2D eigenvalue weighted by Gasteiger charge is -2.36. The van der Waals surface area contributed by atoms with Crippen molar-refractivity contribution in [2.75, 3.05) is 39.4 Å². The van der Waals surface area contributed by atoms with E-state index in [1.165, 1.54) is 11.1 Å². The van der Waals surface area contributed by atoms with E-state index in [4.69, 9.17) is 14.6 Å². The maximum Gasteiger partial charge on any atom is 0.288 e. The van der Waals surface area contributed by atoms with E-state index >= 15 is 0 Å². The average molecular weight is 457 g/mol. The van der Waals surface area contributed by atoms with Crippen LogP contribution in [0.15, 0.2) is 59.0 Å². The first-order chi connectivity index (χ1) is 15.7. The lowest BCUT2D eigenvalue weighted by molar-refractivity contribution is -0.154. The summed E-state index contributed by atoms with van der Waals surface area (Å²) in [6.07, 6.45) is 3.69. The third kappa shape index (κ3) is 6.19. The van der Waals surface area contributed by atoms with Gasteiger partial charge in [-0.2, -0.15) is 11.3 Å². The SMILES string of the molecule is O=C(C1=C[C@@H](c2ccsc2)C[C@@H](OCCCCO)O1)N1CCN(Cc2ccccc2)CC1. The van der Waals surface area contributed by atoms with Crippen molar-refractivity contribution in [3.8, 4) is 0 Å². The van der Waals surface area contributed by atoms with Gasteiger partial charge in [0.05, 0.1) is 6.61 Å². The predicted molar refractivity (Wildman–Crippen MR) is 125 cm³/mol. The normalized spacial score (nSPS) is 21.8. The third-order valence-corrected chi connectivity index (χ3v) is 6.71. The summed E-state index contributed by atoms with van der Waals surface area (Å²) in [6, 6.07) is 12.5. The molecule has 7 heteroatoms. The van der Waals surface area contributed by atoms with Gasteiger partial charge in [0, 0.05) is 51.7 Å². The minimum atomic E-state index is -0.443. The van der Waals surface area contributed by atoms with E-state index in [1.807, 2.05) is 17.0 Å². The Hall–Kier alpha value is -2.19. The monoisotopic (exact) mass is 456 g/mol. The first-order valence-corrected chi connectivity index (χ1v) is 12.4. The molecule has 2 aliphatic heterocycles. The molecular weight excluding hydrogens is 424 g/mol. The molecule has 1 fully saturated rings. The van der Waals surface area contributed by atoms with E-state index in [1.54, 1.807) is 11.3 Å². The highest BCUT2D eigenvalue weighted by Crippen LogP contribution is 2.33. The number of hydrogen-bond donors (Lipinski definition) is 1. The van der Waals surface area contributed by atoms with Gasteiger partial charge < -0.3 is 19.5 Å². The number of amides is 1. The second kappa shape index (κ2) is 11.6. The zero-order chi connectivity index (χ0) is 22.2. The molecule has 0 radical (unpaired) electrons. The van der Waals surface area contributed by atoms with Gasteiger partial charge in [0.2, 0.25) is 6.29 Å². The standard InChI is InChI=1S/C25H32N2O4S/c28-13-4-5-14-30-24-17-22(21-8-15-32-19-21)16-23(31-24)25(29)27-11-9-26(10-12-27)18-20-6-2-1-3-7-20/h1-3,6-8,15-16,19,22,24,28H,4-5,9-14,17-18H2/t22-,24+/m1/s1. The van der Waals surface area contributed by atoms with Crippen LogP contribution in [0.25, 0.3) is 0 Å². The Kier molecular flexibility index (Phi) is 8.34. The fourth-order valence-corrected chi connectivity index (χ4v) is 4.89. The summed E-state index contributed by atoms with van der Waals surface area (Å²) in [7, 11) is 0. The second-order valence-corrected chi connectivity index (χ2v) is 9.11. The number of aliphatic hydroxyl groups is 1. The van der Waals surface area contributed by atoms with Gasteiger partial charge in [0.25, 0.3) is 5.91 Å². The molecule has 1 N–H and O–H groups in total. The van der Waals surface area contributed by atoms with Crippen LogP contribution < -0.4 is 0 Å². The molecule has 0 unspecified atom stereocenters. The van der Waals surface area contributed by atoms with Gasteiger partial charge in [0.1, 0.15) is 0 Å². The van der Waals surface area contributed by atoms with E-state index in [0.717, 1.165) is 26.1 Å². The van der Waals surface area contributed by atoms with Crippen molar-refractivity contribution in [1.82, 2.24) is 9.80 Å². The maximum atomic E-state index is 13.3. The summed E-state index contributed by atoms with van der Waals surface area (Å²) < 4.78 is 11.9. The molecule has 0 spiro atoms. The molecule has 1 saturated heterocycles. The van der Waals surface area contributed by atoms with Crippen molar-refractivity contribution in [2.45, 2.75) is 38.0 Å². The molecule has 6 nitrogen and oxygen atoms in total. The molecule has 0 saturated carbocycles. The highest BCUT2D eigenvalue weighted by atomic mass is 32.1. The summed E-state index contributed by atoms with van der Waals surface area (Å²) in [6.45, 7) is 4.67. The zero-order valence-electron chi connectivity index (χ0n) is 18.4. The molecule has 1 aromatic heterocycles. The van der Waals surface area contributed by atoms with Crippen LogP contribution in [0, 0.1) is 0 Å². The van der Waals surface area contributed by atoms with E-state index in [-0.39, 0.29) is 18.4 Å². The summed E-state index contributed by atoms with van der Waals surface area (Å²) in [5.41, 5.74) is 2.49. The van der Waals surface area contributed by atoms with Crippen LogP contribution in [0.4, 0.5) is 0 Å². The van der Waals surface area contributed by atoms with Gasteiger partial charge in [-0.25, -0.2) is 0 Å². The molecular formula is C25H32N2O4S. The van der Waals surface area contributed by atoms with Crippen molar-refractivity contribution >= 4 is 17.2 Å². The van der Waals surface area contributed by atoms with Crippen molar-refractivity contribution < 1.29 is 19.4 Å². The molecule has 2 atom stereocenters. The Bertz CT molecular complexity index is 863. The minimum Gasteiger partial charge on any atom is -0.459 e. The number of allylic oxidation sites excluding steroid dienone is 1. The van der Waals surface area contributed by atoms with Crippen LogP contribution in [0.1, 0.15) is 36.3 Å². The molecule has 32 heavy (non-hydrogen) atoms. The van der Waals surface area contributed by atoms with E-state index < -0.39 is 6.29 Å². The highest BCUT2D eigenvalue weighted by Gasteiger charge is 2.32. The number of unbranched alkanes of at least 4 members (excludes halogenated alkanes) is 1. The number of carbonyl (C=O) groups is 1. The summed E-state index contributed by atoms with van der Waals surface area (Å²) in [5, 5.41) is 13.2. The quantitative estimate of drug-likeness (QED) is 0.585. The van der Waals surface area contributed by atoms with Crippen LogP contribution in [-0.4, -0.2) is 66.5 Å². The number of hydrogen-bond acceptors (Lipinski definition) is 6. The van der Waals surface area contributed by atoms with Crippen molar-refractivity contribution in [3.05, 3.63) is 70.1 Å². The first-order valence-electron chi connectivity index (χ1n) is 11.4. The summed E-state index contributed by atoms with van der Waals surface area (Å²) in [4.78, 5) is 17.6. The van der Waals surface area contributed by atoms with Crippen LogP contribution in [0.2, 0.25) is 0 Å². The molecule has 2 aliphatic rings. The number of aliphatic hydroxyl groups excluding tert-OH is 1. The molecule has 4 rings (SSSR count). The van der Waals surface area contributed by atoms with E-state index in [2.05, 4.69) is 46.0 Å². The average Bonchev–Trinajstić information content (AvgIpc) is 3.38. The highest BCUT2D eigenvalue weighted by molar-refractivity contribution is 7.08. The molecule has 0 aliphatic carbocycles. The fraction of sp³-hybridized carbons (Fsp3) is 0.480. The minimum absolute atomic E-state index is 0.0479. The number of rotatable bonds is 9. The second-order valence-electron chi connectivity index (χ2n) is 8.33. The lowest BCUT2D eigenvalue weighted by Crippen LogP contribution is -2.49. The van der Waals surface area contributed by atoms with Gasteiger partial charge in [-0.15, -0.1) is 0 Å². The van der Waals surface area contributed by atoms with E-state index in [9.17, 15) is 4.79 Å². The van der Waals surface area contributed by atoms with E-state index in [0.29, 0.717) is 38.3 Å². The van der Waals surface area contributed by atoms with Gasteiger partial charge >= 0.3 is 0 Å². The van der Waals surface area contributed by atoms with Crippen LogP contribution in [-0.2, 0) is 20.8 Å². The molecule has 1 aromatic carbocycles. The number of nitrogens with zero attached hydrogens (tertiary/aromatic N) is 2. The van der Waals surface area contributed by atoms with Crippen molar-refractivity contribution in [1.29, 1.82) is 0 Å². The number of benzene rings is 1. The number of carbonyl (C=O) groups excluding carboxylic acids is 1. The molecule has 1 amide bonds. The van der Waals surface area contributed by atoms with Crippen molar-refractivity contribution in [2.24, 2.45) is 0 Å². The van der Waals surface area contributed by atoms with Gasteiger partial charge in [-0.3, -0.25) is 9.69 Å². The Morgan fingerprint density at radius 3 is 2.66 bits per heavy atom. The maximum absolute atomic E-state index is 13.3. The molecule has 2 aromatic rings. The van der Waals surface area contributed by atoms with Crippen LogP contribution >= 0.6 is 11.3 Å². The largest absolute Gasteiger partial charge is 0.459 e. The lowest BCUT2D eigenvalue weighted by atomic mass is 9.95. The van der Waals surface area contributed by atoms with Crippen molar-refractivity contribution in [3.63, 3.8) is 0 Å². The Morgan fingerprint density at radius 1 is 1.12 bits per heavy atom. The number of thiophene rings is 1. The number of ether oxygens (including phenoxy) is 2. The molecule has 3 heterocycles.